The van der Waals surface area contributed by atoms with Gasteiger partial charge in [-0.2, -0.15) is 0 Å². The minimum absolute atomic E-state index is 0.0637. The molecular formula is C28H48O2. The van der Waals surface area contributed by atoms with Gasteiger partial charge in [-0.25, -0.2) is 0 Å². The average molecular weight is 417 g/mol. The molecule has 0 bridgehead atoms. The van der Waals surface area contributed by atoms with Crippen LogP contribution in [0.4, 0.5) is 0 Å². The van der Waals surface area contributed by atoms with E-state index < -0.39 is 0 Å². The number of hydrogen-bond donors (Lipinski definition) is 1. The molecule has 30 heavy (non-hydrogen) atoms. The van der Waals surface area contributed by atoms with E-state index in [9.17, 15) is 5.11 Å². The van der Waals surface area contributed by atoms with E-state index in [-0.39, 0.29) is 5.60 Å². The molecule has 1 N–H and O–H groups in total. The molecule has 0 fully saturated rings. The Balaban J connectivity index is 1.69. The van der Waals surface area contributed by atoms with Crippen LogP contribution in [0.1, 0.15) is 116 Å². The molecule has 0 amide bonds. The van der Waals surface area contributed by atoms with Crippen LogP contribution in [-0.2, 0) is 6.42 Å². The van der Waals surface area contributed by atoms with Crippen LogP contribution < -0.4 is 4.74 Å². The van der Waals surface area contributed by atoms with Crippen molar-refractivity contribution in [3.63, 3.8) is 0 Å². The summed E-state index contributed by atoms with van der Waals surface area (Å²) < 4.78 is 6.52. The first kappa shape index (κ1) is 25.1. The predicted octanol–water partition coefficient (Wildman–Crippen LogP) is 8.53. The number of rotatable bonds is 12. The maximum absolute atomic E-state index is 10.1. The molecule has 0 saturated carbocycles. The van der Waals surface area contributed by atoms with Gasteiger partial charge in [0.25, 0.3) is 0 Å². The van der Waals surface area contributed by atoms with Crippen molar-refractivity contribution in [2.75, 3.05) is 0 Å². The highest BCUT2D eigenvalue weighted by Gasteiger charge is 2.33. The quantitative estimate of drug-likeness (QED) is 0.370. The zero-order valence-electron chi connectivity index (χ0n) is 20.9. The van der Waals surface area contributed by atoms with E-state index >= 15 is 0 Å². The number of fused-ring (bicyclic) bond motifs is 1. The van der Waals surface area contributed by atoms with Crippen LogP contribution in [0.15, 0.2) is 6.07 Å². The minimum atomic E-state index is -0.0637. The highest BCUT2D eigenvalue weighted by Crippen LogP contribution is 2.42. The molecule has 2 rings (SSSR count). The lowest BCUT2D eigenvalue weighted by atomic mass is 9.85. The fourth-order valence-electron chi connectivity index (χ4n) is 4.94. The fourth-order valence-corrected chi connectivity index (χ4v) is 4.94. The molecule has 2 heteroatoms. The topological polar surface area (TPSA) is 29.5 Å². The van der Waals surface area contributed by atoms with Gasteiger partial charge in [-0.3, -0.25) is 0 Å². The van der Waals surface area contributed by atoms with Crippen molar-refractivity contribution in [2.24, 2.45) is 17.8 Å². The van der Waals surface area contributed by atoms with E-state index in [0.717, 1.165) is 53.9 Å². The van der Waals surface area contributed by atoms with Crippen molar-refractivity contribution < 1.29 is 9.84 Å². The van der Waals surface area contributed by atoms with Crippen molar-refractivity contribution in [1.82, 2.24) is 0 Å². The predicted molar refractivity (Wildman–Crippen MR) is 130 cm³/mol. The van der Waals surface area contributed by atoms with E-state index in [0.29, 0.717) is 5.75 Å². The van der Waals surface area contributed by atoms with Gasteiger partial charge in [0.1, 0.15) is 17.1 Å². The number of benzene rings is 1. The molecule has 0 aliphatic carbocycles. The monoisotopic (exact) mass is 416 g/mol. The first-order valence-electron chi connectivity index (χ1n) is 12.6. The van der Waals surface area contributed by atoms with E-state index in [2.05, 4.69) is 41.5 Å². The third-order valence-electron chi connectivity index (χ3n) is 7.44. The van der Waals surface area contributed by atoms with Crippen molar-refractivity contribution in [3.05, 3.63) is 22.8 Å². The molecule has 1 heterocycles. The van der Waals surface area contributed by atoms with Crippen LogP contribution in [0, 0.1) is 31.6 Å². The minimum Gasteiger partial charge on any atom is -0.508 e. The van der Waals surface area contributed by atoms with Crippen LogP contribution >= 0.6 is 0 Å². The van der Waals surface area contributed by atoms with Crippen LogP contribution in [0.5, 0.6) is 11.5 Å². The fraction of sp³-hybridized carbons (Fsp3) is 0.786. The number of phenolic OH excluding ortho intramolecular Hbond substituents is 1. The summed E-state index contributed by atoms with van der Waals surface area (Å²) in [5.74, 6) is 3.98. The van der Waals surface area contributed by atoms with Crippen LogP contribution in [0.2, 0.25) is 0 Å². The van der Waals surface area contributed by atoms with Gasteiger partial charge < -0.3 is 9.84 Å². The van der Waals surface area contributed by atoms with E-state index in [1.54, 1.807) is 0 Å². The van der Waals surface area contributed by atoms with Gasteiger partial charge in [0.2, 0.25) is 0 Å². The van der Waals surface area contributed by atoms with Gasteiger partial charge in [0.15, 0.2) is 0 Å². The lowest BCUT2D eigenvalue weighted by Gasteiger charge is -2.37. The van der Waals surface area contributed by atoms with Gasteiger partial charge in [0, 0.05) is 0 Å². The number of aryl methyl sites for hydroxylation is 1. The van der Waals surface area contributed by atoms with Gasteiger partial charge in [-0.1, -0.05) is 72.6 Å². The summed E-state index contributed by atoms with van der Waals surface area (Å²) in [4.78, 5) is 0. The normalized spacial score (nSPS) is 20.7. The molecule has 0 spiro atoms. The maximum atomic E-state index is 10.1. The highest BCUT2D eigenvalue weighted by molar-refractivity contribution is 5.53. The number of ether oxygens (including phenoxy) is 1. The first-order valence-corrected chi connectivity index (χ1v) is 12.6. The Morgan fingerprint density at radius 2 is 1.47 bits per heavy atom. The van der Waals surface area contributed by atoms with E-state index in [4.69, 9.17) is 4.74 Å². The summed E-state index contributed by atoms with van der Waals surface area (Å²) >= 11 is 0. The van der Waals surface area contributed by atoms with Crippen molar-refractivity contribution in [2.45, 2.75) is 125 Å². The molecule has 0 radical (unpaired) electrons. The summed E-state index contributed by atoms with van der Waals surface area (Å²) in [5, 5.41) is 10.1. The molecule has 1 aliphatic rings. The second kappa shape index (κ2) is 11.4. The Kier molecular flexibility index (Phi) is 9.57. The number of phenols is 1. The second-order valence-corrected chi connectivity index (χ2v) is 11.0. The highest BCUT2D eigenvalue weighted by atomic mass is 16.5. The SMILES string of the molecule is Cc1c(O)cc2c(c1C)O[C@](C)(CCC[C@@H](C)CCC[C@H](C)CCCC(C)C)CC2. The first-order chi connectivity index (χ1) is 14.1. The van der Waals surface area contributed by atoms with Gasteiger partial charge in [-0.15, -0.1) is 0 Å². The average Bonchev–Trinajstić information content (AvgIpc) is 2.67. The van der Waals surface area contributed by atoms with Crippen molar-refractivity contribution in [1.29, 1.82) is 0 Å². The summed E-state index contributed by atoms with van der Waals surface area (Å²) in [5.41, 5.74) is 3.16. The molecule has 3 atom stereocenters. The molecular weight excluding hydrogens is 368 g/mol. The standard InChI is InChI=1S/C28H48O2/c1-20(2)11-8-12-21(3)13-9-14-22(4)15-10-17-28(7)18-16-25-19-26(29)23(5)24(6)27(25)30-28/h19-22,29H,8-18H2,1-7H3/t21-,22+,28-/m1/s1. The Labute approximate surface area is 186 Å². The van der Waals surface area contributed by atoms with Crippen LogP contribution in [0.25, 0.3) is 0 Å². The molecule has 0 saturated heterocycles. The summed E-state index contributed by atoms with van der Waals surface area (Å²) in [6.45, 7) is 15.9. The summed E-state index contributed by atoms with van der Waals surface area (Å²) in [7, 11) is 0. The smallest absolute Gasteiger partial charge is 0.126 e. The third kappa shape index (κ3) is 7.50. The Hall–Kier alpha value is -1.18. The molecule has 172 valence electrons. The Bertz CT molecular complexity index is 663. The molecule has 1 aliphatic heterocycles. The molecule has 0 aromatic heterocycles. The number of aromatic hydroxyl groups is 1. The maximum Gasteiger partial charge on any atom is 0.126 e. The zero-order chi connectivity index (χ0) is 22.3. The largest absolute Gasteiger partial charge is 0.508 e. The molecule has 1 aromatic carbocycles. The van der Waals surface area contributed by atoms with Gasteiger partial charge in [-0.05, 0) is 87.0 Å². The second-order valence-electron chi connectivity index (χ2n) is 11.0. The molecule has 2 nitrogen and oxygen atoms in total. The number of hydrogen-bond acceptors (Lipinski definition) is 2. The lowest BCUT2D eigenvalue weighted by molar-refractivity contribution is 0.0514. The lowest BCUT2D eigenvalue weighted by Crippen LogP contribution is -2.36. The Morgan fingerprint density at radius 3 is 2.07 bits per heavy atom. The van der Waals surface area contributed by atoms with Gasteiger partial charge in [0.05, 0.1) is 0 Å². The van der Waals surface area contributed by atoms with E-state index in [1.165, 1.54) is 56.9 Å². The molecule has 0 unspecified atom stereocenters. The summed E-state index contributed by atoms with van der Waals surface area (Å²) in [6, 6.07) is 1.91. The molecule has 1 aromatic rings. The van der Waals surface area contributed by atoms with Crippen molar-refractivity contribution in [3.8, 4) is 11.5 Å². The van der Waals surface area contributed by atoms with Crippen LogP contribution in [0.3, 0.4) is 0 Å². The zero-order valence-corrected chi connectivity index (χ0v) is 20.9. The third-order valence-corrected chi connectivity index (χ3v) is 7.44. The van der Waals surface area contributed by atoms with Crippen LogP contribution in [-0.4, -0.2) is 10.7 Å². The van der Waals surface area contributed by atoms with E-state index in [1.807, 2.05) is 13.0 Å². The summed E-state index contributed by atoms with van der Waals surface area (Å²) in [6.07, 6.45) is 14.1. The van der Waals surface area contributed by atoms with Crippen molar-refractivity contribution >= 4 is 0 Å². The Morgan fingerprint density at radius 1 is 0.900 bits per heavy atom. The van der Waals surface area contributed by atoms with Gasteiger partial charge >= 0.3 is 0 Å².